The van der Waals surface area contributed by atoms with E-state index in [-0.39, 0.29) is 0 Å². The van der Waals surface area contributed by atoms with Crippen LogP contribution in [-0.4, -0.2) is 6.04 Å². The van der Waals surface area contributed by atoms with Crippen molar-refractivity contribution in [3.05, 3.63) is 28.8 Å². The van der Waals surface area contributed by atoms with Crippen molar-refractivity contribution in [1.29, 1.82) is 0 Å². The van der Waals surface area contributed by atoms with Crippen molar-refractivity contribution in [1.82, 2.24) is 0 Å². The van der Waals surface area contributed by atoms with Crippen molar-refractivity contribution in [3.63, 3.8) is 0 Å². The smallest absolute Gasteiger partial charge is 0.0637 e. The molecule has 3 unspecified atom stereocenters. The Labute approximate surface area is 110 Å². The van der Waals surface area contributed by atoms with E-state index in [1.807, 2.05) is 6.07 Å². The van der Waals surface area contributed by atoms with E-state index in [0.29, 0.717) is 6.04 Å². The summed E-state index contributed by atoms with van der Waals surface area (Å²) in [5.41, 5.74) is 2.35. The number of anilines is 1. The number of nitrogens with one attached hydrogen (secondary N) is 1. The molecule has 0 aliphatic heterocycles. The number of hydrogen-bond donors (Lipinski definition) is 1. The maximum atomic E-state index is 6.24. The minimum absolute atomic E-state index is 0.568. The Morgan fingerprint density at radius 2 is 2.00 bits per heavy atom. The molecular weight excluding hydrogens is 230 g/mol. The summed E-state index contributed by atoms with van der Waals surface area (Å²) in [7, 11) is 0. The second-order valence-corrected chi connectivity index (χ2v) is 6.04. The predicted octanol–water partition coefficient (Wildman–Crippen LogP) is 4.89. The van der Waals surface area contributed by atoms with Gasteiger partial charge in [0.15, 0.2) is 0 Å². The van der Waals surface area contributed by atoms with Gasteiger partial charge in [0.25, 0.3) is 0 Å². The first-order valence-electron chi connectivity index (χ1n) is 6.59. The van der Waals surface area contributed by atoms with E-state index < -0.39 is 0 Å². The first kappa shape index (κ1) is 12.8. The van der Waals surface area contributed by atoms with Crippen LogP contribution in [0.3, 0.4) is 0 Å². The summed E-state index contributed by atoms with van der Waals surface area (Å²) in [5.74, 6) is 1.56. The van der Waals surface area contributed by atoms with E-state index in [1.165, 1.54) is 24.8 Å². The van der Waals surface area contributed by atoms with E-state index in [1.54, 1.807) is 0 Å². The summed E-state index contributed by atoms with van der Waals surface area (Å²) >= 11 is 6.24. The lowest BCUT2D eigenvalue weighted by atomic mass is 9.80. The molecule has 2 rings (SSSR count). The lowest BCUT2D eigenvalue weighted by Gasteiger charge is -2.34. The van der Waals surface area contributed by atoms with Crippen LogP contribution in [0.25, 0.3) is 0 Å². The number of halogens is 1. The summed E-state index contributed by atoms with van der Waals surface area (Å²) < 4.78 is 0. The fraction of sp³-hybridized carbons (Fsp3) is 0.600. The zero-order chi connectivity index (χ0) is 12.4. The van der Waals surface area contributed by atoms with Gasteiger partial charge < -0.3 is 5.32 Å². The second-order valence-electron chi connectivity index (χ2n) is 5.63. The normalized spacial score (nSPS) is 29.1. The topological polar surface area (TPSA) is 12.0 Å². The Hall–Kier alpha value is -0.690. The average molecular weight is 252 g/mol. The summed E-state index contributed by atoms with van der Waals surface area (Å²) in [6, 6.07) is 6.75. The molecule has 0 bridgehead atoms. The Morgan fingerprint density at radius 1 is 1.24 bits per heavy atom. The molecule has 1 saturated carbocycles. The molecule has 3 atom stereocenters. The first-order chi connectivity index (χ1) is 8.06. The molecule has 0 heterocycles. The fourth-order valence-corrected chi connectivity index (χ4v) is 2.85. The van der Waals surface area contributed by atoms with E-state index in [9.17, 15) is 0 Å². The Kier molecular flexibility index (Phi) is 3.98. The van der Waals surface area contributed by atoms with Crippen molar-refractivity contribution in [3.8, 4) is 0 Å². The molecule has 1 fully saturated rings. The molecule has 2 heteroatoms. The predicted molar refractivity (Wildman–Crippen MR) is 75.8 cm³/mol. The van der Waals surface area contributed by atoms with Crippen LogP contribution >= 0.6 is 11.6 Å². The minimum atomic E-state index is 0.568. The van der Waals surface area contributed by atoms with Crippen LogP contribution in [0.5, 0.6) is 0 Å². The molecular formula is C15H22ClN. The van der Waals surface area contributed by atoms with Crippen molar-refractivity contribution in [2.75, 3.05) is 5.32 Å². The van der Waals surface area contributed by atoms with Gasteiger partial charge in [0.05, 0.1) is 10.7 Å². The summed E-state index contributed by atoms with van der Waals surface area (Å²) in [4.78, 5) is 0. The van der Waals surface area contributed by atoms with Gasteiger partial charge in [0.2, 0.25) is 0 Å². The maximum absolute atomic E-state index is 6.24. The van der Waals surface area contributed by atoms with Crippen molar-refractivity contribution < 1.29 is 0 Å². The Morgan fingerprint density at radius 3 is 2.76 bits per heavy atom. The van der Waals surface area contributed by atoms with Crippen LogP contribution in [0.1, 0.15) is 38.7 Å². The van der Waals surface area contributed by atoms with Gasteiger partial charge in [-0.2, -0.15) is 0 Å². The van der Waals surface area contributed by atoms with E-state index in [4.69, 9.17) is 11.6 Å². The number of hydrogen-bond acceptors (Lipinski definition) is 1. The average Bonchev–Trinajstić information content (AvgIpc) is 2.28. The SMILES string of the molecule is Cc1ccc(Cl)c(NC2CC(C)CCC2C)c1. The highest BCUT2D eigenvalue weighted by atomic mass is 35.5. The first-order valence-corrected chi connectivity index (χ1v) is 6.96. The van der Waals surface area contributed by atoms with Crippen molar-refractivity contribution in [2.45, 2.75) is 46.1 Å². The van der Waals surface area contributed by atoms with Crippen LogP contribution in [0.15, 0.2) is 18.2 Å². The number of aryl methyl sites for hydroxylation is 1. The van der Waals surface area contributed by atoms with Crippen LogP contribution < -0.4 is 5.32 Å². The molecule has 1 aliphatic carbocycles. The van der Waals surface area contributed by atoms with Gasteiger partial charge in [-0.05, 0) is 49.3 Å². The molecule has 94 valence electrons. The van der Waals surface area contributed by atoms with Gasteiger partial charge in [-0.25, -0.2) is 0 Å². The molecule has 1 N–H and O–H groups in total. The van der Waals surface area contributed by atoms with Gasteiger partial charge >= 0.3 is 0 Å². The second kappa shape index (κ2) is 5.30. The Balaban J connectivity index is 2.11. The third kappa shape index (κ3) is 3.16. The largest absolute Gasteiger partial charge is 0.381 e. The van der Waals surface area contributed by atoms with Gasteiger partial charge in [0.1, 0.15) is 0 Å². The highest BCUT2D eigenvalue weighted by molar-refractivity contribution is 6.33. The zero-order valence-corrected chi connectivity index (χ0v) is 11.7. The highest BCUT2D eigenvalue weighted by Crippen LogP contribution is 2.32. The van der Waals surface area contributed by atoms with Gasteiger partial charge in [-0.1, -0.05) is 37.9 Å². The third-order valence-corrected chi connectivity index (χ3v) is 4.25. The van der Waals surface area contributed by atoms with Crippen molar-refractivity contribution in [2.24, 2.45) is 11.8 Å². The highest BCUT2D eigenvalue weighted by Gasteiger charge is 2.25. The molecule has 0 amide bonds. The summed E-state index contributed by atoms with van der Waals surface area (Å²) in [5, 5.41) is 4.47. The van der Waals surface area contributed by atoms with Crippen LogP contribution in [0, 0.1) is 18.8 Å². The van der Waals surface area contributed by atoms with Gasteiger partial charge in [-0.15, -0.1) is 0 Å². The van der Waals surface area contributed by atoms with Crippen LogP contribution in [0.4, 0.5) is 5.69 Å². The number of rotatable bonds is 2. The molecule has 0 saturated heterocycles. The molecule has 0 aromatic heterocycles. The molecule has 1 aliphatic rings. The van der Waals surface area contributed by atoms with Gasteiger partial charge in [-0.3, -0.25) is 0 Å². The fourth-order valence-electron chi connectivity index (χ4n) is 2.68. The maximum Gasteiger partial charge on any atom is 0.0637 e. The standard InChI is InChI=1S/C15H22ClN/c1-10-4-6-12(3)14(8-10)17-15-9-11(2)5-7-13(15)16/h5,7,9-10,12,14,17H,4,6,8H2,1-3H3. The molecule has 1 aromatic carbocycles. The Bertz CT molecular complexity index is 389. The molecule has 1 nitrogen and oxygen atoms in total. The van der Waals surface area contributed by atoms with E-state index in [0.717, 1.165) is 22.5 Å². The zero-order valence-electron chi connectivity index (χ0n) is 11.0. The van der Waals surface area contributed by atoms with Crippen molar-refractivity contribution >= 4 is 17.3 Å². The number of benzene rings is 1. The third-order valence-electron chi connectivity index (χ3n) is 3.92. The van der Waals surface area contributed by atoms with E-state index >= 15 is 0 Å². The quantitative estimate of drug-likeness (QED) is 0.790. The minimum Gasteiger partial charge on any atom is -0.381 e. The lowest BCUT2D eigenvalue weighted by molar-refractivity contribution is 0.281. The van der Waals surface area contributed by atoms with Gasteiger partial charge in [0, 0.05) is 6.04 Å². The molecule has 0 spiro atoms. The lowest BCUT2D eigenvalue weighted by Crippen LogP contribution is -2.33. The molecule has 0 radical (unpaired) electrons. The summed E-state index contributed by atoms with van der Waals surface area (Å²) in [6.07, 6.45) is 3.94. The summed E-state index contributed by atoms with van der Waals surface area (Å²) in [6.45, 7) is 6.79. The van der Waals surface area contributed by atoms with Crippen LogP contribution in [-0.2, 0) is 0 Å². The van der Waals surface area contributed by atoms with E-state index in [2.05, 4.69) is 38.2 Å². The molecule has 17 heavy (non-hydrogen) atoms. The monoisotopic (exact) mass is 251 g/mol. The molecule has 1 aromatic rings. The van der Waals surface area contributed by atoms with Crippen LogP contribution in [0.2, 0.25) is 5.02 Å².